The quantitative estimate of drug-likeness (QED) is 0.700. The summed E-state index contributed by atoms with van der Waals surface area (Å²) in [5.41, 5.74) is 4.98. The van der Waals surface area contributed by atoms with Crippen LogP contribution in [0.2, 0.25) is 0 Å². The Labute approximate surface area is 157 Å². The number of hydrogen-bond donors (Lipinski definition) is 0. The first-order chi connectivity index (χ1) is 13.3. The molecule has 27 heavy (non-hydrogen) atoms. The van der Waals surface area contributed by atoms with Gasteiger partial charge < -0.3 is 9.64 Å². The van der Waals surface area contributed by atoms with Gasteiger partial charge in [0.1, 0.15) is 5.69 Å². The molecule has 6 nitrogen and oxygen atoms in total. The second-order valence-corrected chi connectivity index (χ2v) is 6.48. The molecule has 4 rings (SSSR count). The Bertz CT molecular complexity index is 916. The summed E-state index contributed by atoms with van der Waals surface area (Å²) >= 11 is 0. The molecule has 0 spiro atoms. The van der Waals surface area contributed by atoms with Gasteiger partial charge in [0.05, 0.1) is 13.2 Å². The first-order valence-corrected chi connectivity index (χ1v) is 8.93. The van der Waals surface area contributed by atoms with Crippen LogP contribution in [0.5, 0.6) is 0 Å². The summed E-state index contributed by atoms with van der Waals surface area (Å²) in [6.45, 7) is 2.27. The lowest BCUT2D eigenvalue weighted by Crippen LogP contribution is -2.36. The zero-order valence-electron chi connectivity index (χ0n) is 14.9. The zero-order chi connectivity index (χ0) is 18.5. The van der Waals surface area contributed by atoms with E-state index in [1.807, 2.05) is 41.6 Å². The molecule has 3 aromatic rings. The van der Waals surface area contributed by atoms with Crippen LogP contribution in [-0.4, -0.2) is 32.3 Å². The number of hydrogen-bond acceptors (Lipinski definition) is 5. The largest absolute Gasteiger partial charge is 0.372 e. The third kappa shape index (κ3) is 4.01. The Morgan fingerprint density at radius 3 is 2.74 bits per heavy atom. The molecule has 0 fully saturated rings. The maximum atomic E-state index is 12.6. The highest BCUT2D eigenvalue weighted by atomic mass is 16.5. The van der Waals surface area contributed by atoms with Crippen molar-refractivity contribution in [2.45, 2.75) is 26.2 Å². The number of nitrogens with zero attached hydrogens (tertiary/aromatic N) is 4. The molecular weight excluding hydrogens is 340 g/mol. The molecule has 0 saturated heterocycles. The SMILES string of the molecule is O=C(c1ccccn1)N1CCc2c(COCc3ccncc3)cncc2C1. The molecule has 1 aliphatic heterocycles. The smallest absolute Gasteiger partial charge is 0.272 e. The van der Waals surface area contributed by atoms with Gasteiger partial charge >= 0.3 is 0 Å². The van der Waals surface area contributed by atoms with Crippen LogP contribution in [0.15, 0.2) is 61.3 Å². The zero-order valence-corrected chi connectivity index (χ0v) is 14.9. The number of carbonyl (C=O) groups excluding carboxylic acids is 1. The van der Waals surface area contributed by atoms with E-state index in [9.17, 15) is 4.79 Å². The number of ether oxygens (including phenoxy) is 1. The van der Waals surface area contributed by atoms with Crippen LogP contribution in [0.4, 0.5) is 0 Å². The van der Waals surface area contributed by atoms with Gasteiger partial charge in [-0.1, -0.05) is 6.07 Å². The van der Waals surface area contributed by atoms with E-state index in [0.717, 1.165) is 23.1 Å². The maximum Gasteiger partial charge on any atom is 0.272 e. The first-order valence-electron chi connectivity index (χ1n) is 8.93. The van der Waals surface area contributed by atoms with Crippen LogP contribution >= 0.6 is 0 Å². The average molecular weight is 360 g/mol. The number of aromatic nitrogens is 3. The molecule has 3 aromatic heterocycles. The Kier molecular flexibility index (Phi) is 5.16. The molecule has 0 bridgehead atoms. The van der Waals surface area contributed by atoms with Crippen LogP contribution in [-0.2, 0) is 30.9 Å². The van der Waals surface area contributed by atoms with Crippen LogP contribution in [0.3, 0.4) is 0 Å². The van der Waals surface area contributed by atoms with Gasteiger partial charge in [-0.3, -0.25) is 19.7 Å². The number of carbonyl (C=O) groups is 1. The van der Waals surface area contributed by atoms with E-state index >= 15 is 0 Å². The molecule has 0 aromatic carbocycles. The Morgan fingerprint density at radius 1 is 1.04 bits per heavy atom. The predicted octanol–water partition coefficient (Wildman–Crippen LogP) is 2.79. The molecule has 0 unspecified atom stereocenters. The molecule has 1 amide bonds. The number of rotatable bonds is 5. The van der Waals surface area contributed by atoms with Crippen molar-refractivity contribution in [3.05, 3.63) is 89.3 Å². The summed E-state index contributed by atoms with van der Waals surface area (Å²) in [5, 5.41) is 0. The second-order valence-electron chi connectivity index (χ2n) is 6.48. The van der Waals surface area contributed by atoms with Crippen LogP contribution in [0.25, 0.3) is 0 Å². The maximum absolute atomic E-state index is 12.6. The van der Waals surface area contributed by atoms with Crippen molar-refractivity contribution in [3.8, 4) is 0 Å². The number of amides is 1. The molecular formula is C21H20N4O2. The lowest BCUT2D eigenvalue weighted by Gasteiger charge is -2.29. The second kappa shape index (κ2) is 8.05. The molecule has 0 N–H and O–H groups in total. The third-order valence-corrected chi connectivity index (χ3v) is 4.68. The van der Waals surface area contributed by atoms with E-state index in [1.165, 1.54) is 5.56 Å². The Balaban J connectivity index is 1.43. The van der Waals surface area contributed by atoms with Gasteiger partial charge in [-0.05, 0) is 52.9 Å². The molecule has 4 heterocycles. The summed E-state index contributed by atoms with van der Waals surface area (Å²) in [6.07, 6.45) is 9.67. The monoisotopic (exact) mass is 360 g/mol. The van der Waals surface area contributed by atoms with E-state index < -0.39 is 0 Å². The fraction of sp³-hybridized carbons (Fsp3) is 0.238. The Morgan fingerprint density at radius 2 is 1.93 bits per heavy atom. The van der Waals surface area contributed by atoms with Gasteiger partial charge in [0.25, 0.3) is 5.91 Å². The summed E-state index contributed by atoms with van der Waals surface area (Å²) in [7, 11) is 0. The van der Waals surface area contributed by atoms with Crippen molar-refractivity contribution in [3.63, 3.8) is 0 Å². The van der Waals surface area contributed by atoms with E-state index in [2.05, 4.69) is 15.0 Å². The standard InChI is InChI=1S/C21H20N4O2/c26-21(20-3-1-2-7-24-20)25-10-6-19-17(13-25)11-23-12-18(19)15-27-14-16-4-8-22-9-5-16/h1-5,7-9,11-12H,6,10,13-15H2. The van der Waals surface area contributed by atoms with Gasteiger partial charge in [0, 0.05) is 44.1 Å². The highest BCUT2D eigenvalue weighted by Gasteiger charge is 2.24. The Hall–Kier alpha value is -3.12. The third-order valence-electron chi connectivity index (χ3n) is 4.68. The number of fused-ring (bicyclic) bond motifs is 1. The van der Waals surface area contributed by atoms with Gasteiger partial charge in [-0.15, -0.1) is 0 Å². The van der Waals surface area contributed by atoms with Crippen LogP contribution < -0.4 is 0 Å². The predicted molar refractivity (Wildman–Crippen MR) is 99.6 cm³/mol. The molecule has 0 atom stereocenters. The van der Waals surface area contributed by atoms with Crippen molar-refractivity contribution in [1.82, 2.24) is 19.9 Å². The fourth-order valence-electron chi connectivity index (χ4n) is 3.27. The molecule has 1 aliphatic rings. The summed E-state index contributed by atoms with van der Waals surface area (Å²) in [5.74, 6) is -0.0411. The highest BCUT2D eigenvalue weighted by molar-refractivity contribution is 5.92. The van der Waals surface area contributed by atoms with Crippen molar-refractivity contribution in [1.29, 1.82) is 0 Å². The summed E-state index contributed by atoms with van der Waals surface area (Å²) in [4.78, 5) is 27.0. The average Bonchev–Trinajstić information content (AvgIpc) is 2.74. The lowest BCUT2D eigenvalue weighted by atomic mass is 9.97. The summed E-state index contributed by atoms with van der Waals surface area (Å²) in [6, 6.07) is 9.28. The lowest BCUT2D eigenvalue weighted by molar-refractivity contribution is 0.0726. The fourth-order valence-corrected chi connectivity index (χ4v) is 3.27. The summed E-state index contributed by atoms with van der Waals surface area (Å²) < 4.78 is 5.86. The van der Waals surface area contributed by atoms with E-state index in [4.69, 9.17) is 4.74 Å². The van der Waals surface area contributed by atoms with Crippen molar-refractivity contribution in [2.75, 3.05) is 6.54 Å². The van der Waals surface area contributed by atoms with Crippen molar-refractivity contribution < 1.29 is 9.53 Å². The van der Waals surface area contributed by atoms with Gasteiger partial charge in [0.15, 0.2) is 0 Å². The van der Waals surface area contributed by atoms with Gasteiger partial charge in [0.2, 0.25) is 0 Å². The molecule has 6 heteroatoms. The van der Waals surface area contributed by atoms with E-state index in [1.54, 1.807) is 24.7 Å². The molecule has 0 saturated carbocycles. The highest BCUT2D eigenvalue weighted by Crippen LogP contribution is 2.23. The minimum atomic E-state index is -0.0411. The van der Waals surface area contributed by atoms with Crippen molar-refractivity contribution >= 4 is 5.91 Å². The number of pyridine rings is 3. The normalized spacial score (nSPS) is 13.3. The molecule has 0 aliphatic carbocycles. The van der Waals surface area contributed by atoms with E-state index in [-0.39, 0.29) is 5.91 Å². The van der Waals surface area contributed by atoms with Crippen LogP contribution in [0, 0.1) is 0 Å². The van der Waals surface area contributed by atoms with Gasteiger partial charge in [-0.2, -0.15) is 0 Å². The molecule has 0 radical (unpaired) electrons. The van der Waals surface area contributed by atoms with Crippen LogP contribution in [0.1, 0.15) is 32.7 Å². The van der Waals surface area contributed by atoms with E-state index in [0.29, 0.717) is 32.0 Å². The minimum absolute atomic E-state index is 0.0411. The topological polar surface area (TPSA) is 68.2 Å². The van der Waals surface area contributed by atoms with Crippen molar-refractivity contribution in [2.24, 2.45) is 0 Å². The van der Waals surface area contributed by atoms with Gasteiger partial charge in [-0.25, -0.2) is 0 Å². The molecule has 136 valence electrons. The first kappa shape index (κ1) is 17.3. The minimum Gasteiger partial charge on any atom is -0.372 e.